The largest absolute Gasteiger partial charge is 0.380 e. The Morgan fingerprint density at radius 2 is 1.88 bits per heavy atom. The minimum atomic E-state index is 0.0474. The van der Waals surface area contributed by atoms with Gasteiger partial charge in [0.15, 0.2) is 0 Å². The number of hydrogen-bond acceptors (Lipinski definition) is 4. The molecule has 0 spiro atoms. The number of carbonyl (C=O) groups is 1. The summed E-state index contributed by atoms with van der Waals surface area (Å²) in [5.41, 5.74) is 2.40. The molecule has 24 heavy (non-hydrogen) atoms. The molecule has 0 aromatic heterocycles. The van der Waals surface area contributed by atoms with E-state index in [0.717, 1.165) is 45.9 Å². The van der Waals surface area contributed by atoms with Crippen LogP contribution in [0.4, 0.5) is 0 Å². The van der Waals surface area contributed by atoms with Crippen molar-refractivity contribution < 1.29 is 9.53 Å². The lowest BCUT2D eigenvalue weighted by molar-refractivity contribution is -0.123. The first kappa shape index (κ1) is 18.9. The van der Waals surface area contributed by atoms with E-state index < -0.39 is 0 Å². The van der Waals surface area contributed by atoms with Crippen molar-refractivity contribution >= 4 is 5.91 Å². The molecule has 2 rings (SSSR count). The summed E-state index contributed by atoms with van der Waals surface area (Å²) in [7, 11) is 0. The molecule has 0 unspecified atom stereocenters. The molecular formula is C19H31N3O2. The van der Waals surface area contributed by atoms with Crippen LogP contribution in [0, 0.1) is 6.92 Å². The highest BCUT2D eigenvalue weighted by atomic mass is 16.5. The Balaban J connectivity index is 1.71. The van der Waals surface area contributed by atoms with Gasteiger partial charge < -0.3 is 10.1 Å². The molecule has 1 aromatic carbocycles. The Labute approximate surface area is 146 Å². The molecule has 1 aliphatic rings. The van der Waals surface area contributed by atoms with Crippen LogP contribution in [-0.4, -0.2) is 68.2 Å². The predicted octanol–water partition coefficient (Wildman–Crippen LogP) is 1.83. The third-order valence-corrected chi connectivity index (χ3v) is 4.62. The zero-order valence-corrected chi connectivity index (χ0v) is 15.3. The van der Waals surface area contributed by atoms with E-state index in [0.29, 0.717) is 6.54 Å². The van der Waals surface area contributed by atoms with Crippen LogP contribution in [0.25, 0.3) is 0 Å². The van der Waals surface area contributed by atoms with Gasteiger partial charge in [-0.05, 0) is 31.9 Å². The Bertz CT molecular complexity index is 513. The number of nitrogens with zero attached hydrogens (tertiary/aromatic N) is 2. The van der Waals surface area contributed by atoms with Crippen LogP contribution < -0.4 is 5.32 Å². The van der Waals surface area contributed by atoms with Gasteiger partial charge in [0, 0.05) is 39.3 Å². The number of nitrogens with one attached hydrogen (secondary N) is 1. The van der Waals surface area contributed by atoms with Crippen molar-refractivity contribution in [2.75, 3.05) is 52.5 Å². The summed E-state index contributed by atoms with van der Waals surface area (Å²) in [5.74, 6) is 0.105. The van der Waals surface area contributed by atoms with Gasteiger partial charge >= 0.3 is 0 Å². The summed E-state index contributed by atoms with van der Waals surface area (Å²) < 4.78 is 5.40. The number of hydrogen-bond donors (Lipinski definition) is 1. The van der Waals surface area contributed by atoms with E-state index in [1.807, 2.05) is 26.0 Å². The van der Waals surface area contributed by atoms with Gasteiger partial charge in [-0.1, -0.05) is 24.3 Å². The maximum absolute atomic E-state index is 12.3. The molecule has 1 heterocycles. The first-order chi connectivity index (χ1) is 11.6. The van der Waals surface area contributed by atoms with E-state index >= 15 is 0 Å². The summed E-state index contributed by atoms with van der Waals surface area (Å²) in [6.45, 7) is 13.1. The standard InChI is InChI=1S/C19H31N3O2/c1-4-24-14-13-21-9-11-22(12-10-21)15-19(23)20-17(3)18-8-6-5-7-16(18)2/h5-8,17H,4,9-15H2,1-3H3,(H,20,23)/t17-/m1/s1. The first-order valence-corrected chi connectivity index (χ1v) is 8.97. The predicted molar refractivity (Wildman–Crippen MR) is 97.1 cm³/mol. The molecule has 0 aliphatic carbocycles. The number of benzene rings is 1. The molecule has 1 amide bonds. The second-order valence-electron chi connectivity index (χ2n) is 6.46. The molecule has 1 saturated heterocycles. The summed E-state index contributed by atoms with van der Waals surface area (Å²) in [6.07, 6.45) is 0. The lowest BCUT2D eigenvalue weighted by atomic mass is 10.0. The monoisotopic (exact) mass is 333 g/mol. The lowest BCUT2D eigenvalue weighted by Gasteiger charge is -2.34. The van der Waals surface area contributed by atoms with E-state index in [9.17, 15) is 4.79 Å². The fourth-order valence-electron chi connectivity index (χ4n) is 3.15. The quantitative estimate of drug-likeness (QED) is 0.737. The van der Waals surface area contributed by atoms with Gasteiger partial charge in [0.1, 0.15) is 0 Å². The van der Waals surface area contributed by atoms with E-state index in [2.05, 4.69) is 34.2 Å². The van der Waals surface area contributed by atoms with E-state index in [-0.39, 0.29) is 11.9 Å². The van der Waals surface area contributed by atoms with Gasteiger partial charge in [0.05, 0.1) is 19.2 Å². The Morgan fingerprint density at radius 3 is 2.54 bits per heavy atom. The highest BCUT2D eigenvalue weighted by molar-refractivity contribution is 5.78. The summed E-state index contributed by atoms with van der Waals surface area (Å²) in [4.78, 5) is 16.9. The van der Waals surface area contributed by atoms with Gasteiger partial charge in [-0.2, -0.15) is 0 Å². The first-order valence-electron chi connectivity index (χ1n) is 8.97. The molecule has 1 atom stereocenters. The van der Waals surface area contributed by atoms with Gasteiger partial charge in [-0.3, -0.25) is 14.6 Å². The zero-order chi connectivity index (χ0) is 17.4. The fourth-order valence-corrected chi connectivity index (χ4v) is 3.15. The smallest absolute Gasteiger partial charge is 0.234 e. The molecule has 0 saturated carbocycles. The summed E-state index contributed by atoms with van der Waals surface area (Å²) in [5, 5.41) is 3.12. The van der Waals surface area contributed by atoms with Crippen LogP contribution in [0.2, 0.25) is 0 Å². The minimum Gasteiger partial charge on any atom is -0.380 e. The molecule has 134 valence electrons. The van der Waals surface area contributed by atoms with Crippen LogP contribution in [0.15, 0.2) is 24.3 Å². The van der Waals surface area contributed by atoms with Crippen LogP contribution in [-0.2, 0) is 9.53 Å². The molecule has 0 bridgehead atoms. The van der Waals surface area contributed by atoms with Gasteiger partial charge in [0.2, 0.25) is 5.91 Å². The third kappa shape index (κ3) is 5.89. The number of amides is 1. The second-order valence-corrected chi connectivity index (χ2v) is 6.46. The average Bonchev–Trinajstić information content (AvgIpc) is 2.57. The number of carbonyl (C=O) groups excluding carboxylic acids is 1. The Kier molecular flexibility index (Phi) is 7.69. The van der Waals surface area contributed by atoms with Crippen LogP contribution >= 0.6 is 0 Å². The minimum absolute atomic E-state index is 0.0474. The molecule has 1 fully saturated rings. The number of rotatable bonds is 8. The van der Waals surface area contributed by atoms with Crippen molar-refractivity contribution in [2.45, 2.75) is 26.8 Å². The third-order valence-electron chi connectivity index (χ3n) is 4.62. The van der Waals surface area contributed by atoms with Crippen molar-refractivity contribution in [3.05, 3.63) is 35.4 Å². The van der Waals surface area contributed by atoms with Crippen molar-refractivity contribution in [1.82, 2.24) is 15.1 Å². The molecule has 5 nitrogen and oxygen atoms in total. The maximum Gasteiger partial charge on any atom is 0.234 e. The molecule has 5 heteroatoms. The van der Waals surface area contributed by atoms with Crippen molar-refractivity contribution in [3.63, 3.8) is 0 Å². The van der Waals surface area contributed by atoms with Gasteiger partial charge in [-0.25, -0.2) is 0 Å². The fraction of sp³-hybridized carbons (Fsp3) is 0.632. The van der Waals surface area contributed by atoms with Crippen molar-refractivity contribution in [1.29, 1.82) is 0 Å². The summed E-state index contributed by atoms with van der Waals surface area (Å²) in [6, 6.07) is 8.26. The summed E-state index contributed by atoms with van der Waals surface area (Å²) >= 11 is 0. The zero-order valence-electron chi connectivity index (χ0n) is 15.3. The van der Waals surface area contributed by atoms with Gasteiger partial charge in [0.25, 0.3) is 0 Å². The normalized spacial score (nSPS) is 17.6. The highest BCUT2D eigenvalue weighted by Gasteiger charge is 2.19. The van der Waals surface area contributed by atoms with Crippen molar-refractivity contribution in [2.24, 2.45) is 0 Å². The average molecular weight is 333 g/mol. The van der Waals surface area contributed by atoms with Gasteiger partial charge in [-0.15, -0.1) is 0 Å². The van der Waals surface area contributed by atoms with Crippen LogP contribution in [0.5, 0.6) is 0 Å². The Hall–Kier alpha value is -1.43. The topological polar surface area (TPSA) is 44.8 Å². The number of aryl methyl sites for hydroxylation is 1. The molecule has 1 aliphatic heterocycles. The van der Waals surface area contributed by atoms with Crippen LogP contribution in [0.1, 0.15) is 31.0 Å². The molecule has 0 radical (unpaired) electrons. The molecule has 1 N–H and O–H groups in total. The van der Waals surface area contributed by atoms with Crippen molar-refractivity contribution in [3.8, 4) is 0 Å². The SMILES string of the molecule is CCOCCN1CCN(CC(=O)N[C@H](C)c2ccccc2C)CC1. The van der Waals surface area contributed by atoms with Crippen LogP contribution in [0.3, 0.4) is 0 Å². The Morgan fingerprint density at radius 1 is 1.21 bits per heavy atom. The molecule has 1 aromatic rings. The number of ether oxygens (including phenoxy) is 1. The lowest BCUT2D eigenvalue weighted by Crippen LogP contribution is -2.50. The molecular weight excluding hydrogens is 302 g/mol. The second kappa shape index (κ2) is 9.77. The number of piperazine rings is 1. The highest BCUT2D eigenvalue weighted by Crippen LogP contribution is 2.16. The maximum atomic E-state index is 12.3. The van der Waals surface area contributed by atoms with E-state index in [1.165, 1.54) is 11.1 Å². The van der Waals surface area contributed by atoms with E-state index in [1.54, 1.807) is 0 Å². The van der Waals surface area contributed by atoms with E-state index in [4.69, 9.17) is 4.74 Å².